The Morgan fingerprint density at radius 3 is 2.44 bits per heavy atom. The maximum Gasteiger partial charge on any atom is 0.303 e. The lowest BCUT2D eigenvalue weighted by atomic mass is 10.3. The molecule has 0 spiro atoms. The number of rotatable bonds is 3. The molecule has 0 heterocycles. The summed E-state index contributed by atoms with van der Waals surface area (Å²) in [4.78, 5) is 9.86. The van der Waals surface area contributed by atoms with E-state index in [1.165, 1.54) is 0 Å². The number of oxime groups is 1. The van der Waals surface area contributed by atoms with Gasteiger partial charge >= 0.3 is 5.97 Å². The van der Waals surface area contributed by atoms with E-state index in [4.69, 9.17) is 10.3 Å². The minimum Gasteiger partial charge on any atom is -0.481 e. The van der Waals surface area contributed by atoms with Crippen molar-refractivity contribution >= 4 is 26.5 Å². The SMILES string of the molecule is O=C(O)CC/C(Br)=N/O. The normalized spacial score (nSPS) is 11.4. The summed E-state index contributed by atoms with van der Waals surface area (Å²) in [5.41, 5.74) is 0. The van der Waals surface area contributed by atoms with Gasteiger partial charge in [-0.05, 0) is 15.9 Å². The Morgan fingerprint density at radius 1 is 1.56 bits per heavy atom. The highest BCUT2D eigenvalue weighted by atomic mass is 79.9. The van der Waals surface area contributed by atoms with Gasteiger partial charge < -0.3 is 10.3 Å². The molecule has 0 saturated carbocycles. The molecule has 0 fully saturated rings. The first-order valence-electron chi connectivity index (χ1n) is 2.25. The van der Waals surface area contributed by atoms with E-state index in [0.717, 1.165) is 0 Å². The summed E-state index contributed by atoms with van der Waals surface area (Å²) in [5.74, 6) is -0.907. The van der Waals surface area contributed by atoms with Crippen LogP contribution in [0, 0.1) is 0 Å². The van der Waals surface area contributed by atoms with Gasteiger partial charge in [-0.1, -0.05) is 5.16 Å². The van der Waals surface area contributed by atoms with Crippen molar-refractivity contribution in [3.05, 3.63) is 0 Å². The van der Waals surface area contributed by atoms with Crippen molar-refractivity contribution in [3.8, 4) is 0 Å². The number of hydrogen-bond acceptors (Lipinski definition) is 3. The molecule has 0 aliphatic heterocycles. The first kappa shape index (κ1) is 8.42. The summed E-state index contributed by atoms with van der Waals surface area (Å²) in [5, 5.41) is 18.8. The van der Waals surface area contributed by atoms with Crippen LogP contribution in [0.5, 0.6) is 0 Å². The van der Waals surface area contributed by atoms with Crippen molar-refractivity contribution in [1.82, 2.24) is 0 Å². The molecule has 52 valence electrons. The molecule has 5 heteroatoms. The Morgan fingerprint density at radius 2 is 2.11 bits per heavy atom. The predicted octanol–water partition coefficient (Wildman–Crippen LogP) is 1.03. The molecule has 0 aliphatic rings. The number of carboxylic acid groups (broad SMARTS) is 1. The average molecular weight is 196 g/mol. The summed E-state index contributed by atoms with van der Waals surface area (Å²) in [7, 11) is 0. The van der Waals surface area contributed by atoms with Crippen molar-refractivity contribution in [3.63, 3.8) is 0 Å². The molecule has 0 unspecified atom stereocenters. The number of carboxylic acids is 1. The third-order valence-corrected chi connectivity index (χ3v) is 1.21. The van der Waals surface area contributed by atoms with Crippen LogP contribution in [0.4, 0.5) is 0 Å². The van der Waals surface area contributed by atoms with Gasteiger partial charge in [0, 0.05) is 6.42 Å². The smallest absolute Gasteiger partial charge is 0.303 e. The minimum absolute atomic E-state index is 0.0232. The second-order valence-electron chi connectivity index (χ2n) is 1.37. The minimum atomic E-state index is -0.907. The van der Waals surface area contributed by atoms with E-state index < -0.39 is 5.97 Å². The molecule has 0 aromatic carbocycles. The highest BCUT2D eigenvalue weighted by Crippen LogP contribution is 1.98. The third-order valence-electron chi connectivity index (χ3n) is 0.654. The summed E-state index contributed by atoms with van der Waals surface area (Å²) >= 11 is 2.84. The van der Waals surface area contributed by atoms with Gasteiger partial charge in [0.2, 0.25) is 0 Å². The fourth-order valence-corrected chi connectivity index (χ4v) is 0.458. The second-order valence-corrected chi connectivity index (χ2v) is 2.29. The van der Waals surface area contributed by atoms with Gasteiger partial charge in [0.25, 0.3) is 0 Å². The van der Waals surface area contributed by atoms with E-state index in [-0.39, 0.29) is 17.5 Å². The van der Waals surface area contributed by atoms with Gasteiger partial charge in [0.15, 0.2) is 0 Å². The van der Waals surface area contributed by atoms with Crippen LogP contribution in [0.3, 0.4) is 0 Å². The Labute approximate surface area is 60.3 Å². The molecule has 9 heavy (non-hydrogen) atoms. The molecule has 2 N–H and O–H groups in total. The first-order chi connectivity index (χ1) is 4.16. The number of aliphatic carboxylic acids is 1. The average Bonchev–Trinajstić information content (AvgIpc) is 1.83. The van der Waals surface area contributed by atoms with E-state index in [2.05, 4.69) is 21.1 Å². The largest absolute Gasteiger partial charge is 0.481 e. The summed E-state index contributed by atoms with van der Waals surface area (Å²) in [6.07, 6.45) is 0.205. The van der Waals surface area contributed by atoms with Crippen LogP contribution in [0.2, 0.25) is 0 Å². The van der Waals surface area contributed by atoms with E-state index in [9.17, 15) is 4.79 Å². The molecular weight excluding hydrogens is 190 g/mol. The molecular formula is C4H6BrNO3. The molecule has 4 nitrogen and oxygen atoms in total. The highest BCUT2D eigenvalue weighted by molar-refractivity contribution is 9.18. The van der Waals surface area contributed by atoms with Gasteiger partial charge in [0.05, 0.1) is 6.42 Å². The Kier molecular flexibility index (Phi) is 4.04. The van der Waals surface area contributed by atoms with E-state index >= 15 is 0 Å². The Balaban J connectivity index is 3.39. The lowest BCUT2D eigenvalue weighted by Crippen LogP contribution is -1.97. The molecule has 0 rings (SSSR count). The molecule has 0 aromatic heterocycles. The maximum atomic E-state index is 9.86. The zero-order valence-electron chi connectivity index (χ0n) is 4.54. The van der Waals surface area contributed by atoms with Crippen molar-refractivity contribution in [2.45, 2.75) is 12.8 Å². The lowest BCUT2D eigenvalue weighted by molar-refractivity contribution is -0.136. The second kappa shape index (κ2) is 4.31. The quantitative estimate of drug-likeness (QED) is 0.402. The van der Waals surface area contributed by atoms with Gasteiger partial charge in [-0.3, -0.25) is 4.79 Å². The summed E-state index contributed by atoms with van der Waals surface area (Å²) in [6.45, 7) is 0. The van der Waals surface area contributed by atoms with Crippen LogP contribution in [-0.2, 0) is 4.79 Å². The fraction of sp³-hybridized carbons (Fsp3) is 0.500. The zero-order valence-corrected chi connectivity index (χ0v) is 6.13. The van der Waals surface area contributed by atoms with Gasteiger partial charge in [-0.15, -0.1) is 0 Å². The van der Waals surface area contributed by atoms with Crippen LogP contribution in [0.1, 0.15) is 12.8 Å². The van der Waals surface area contributed by atoms with E-state index in [1.807, 2.05) is 0 Å². The van der Waals surface area contributed by atoms with Crippen LogP contribution in [0.25, 0.3) is 0 Å². The van der Waals surface area contributed by atoms with Gasteiger partial charge in [-0.25, -0.2) is 0 Å². The van der Waals surface area contributed by atoms with E-state index in [1.54, 1.807) is 0 Å². The van der Waals surface area contributed by atoms with Crippen molar-refractivity contribution in [2.24, 2.45) is 5.16 Å². The predicted molar refractivity (Wildman–Crippen MR) is 35.0 cm³/mol. The number of halogens is 1. The molecule has 0 aromatic rings. The van der Waals surface area contributed by atoms with Gasteiger partial charge in [-0.2, -0.15) is 0 Å². The number of nitrogens with zero attached hydrogens (tertiary/aromatic N) is 1. The molecule has 0 amide bonds. The van der Waals surface area contributed by atoms with Crippen LogP contribution < -0.4 is 0 Å². The van der Waals surface area contributed by atoms with Crippen molar-refractivity contribution in [1.29, 1.82) is 0 Å². The Bertz CT molecular complexity index is 134. The monoisotopic (exact) mass is 195 g/mol. The van der Waals surface area contributed by atoms with Crippen molar-refractivity contribution in [2.75, 3.05) is 0 Å². The molecule has 0 saturated heterocycles. The summed E-state index contributed by atoms with van der Waals surface area (Å²) < 4.78 is 0.255. The van der Waals surface area contributed by atoms with Crippen LogP contribution in [-0.4, -0.2) is 20.9 Å². The van der Waals surface area contributed by atoms with Crippen LogP contribution in [0.15, 0.2) is 5.16 Å². The topological polar surface area (TPSA) is 69.9 Å². The highest BCUT2D eigenvalue weighted by Gasteiger charge is 1.99. The maximum absolute atomic E-state index is 9.86. The fourth-order valence-electron chi connectivity index (χ4n) is 0.260. The summed E-state index contributed by atoms with van der Waals surface area (Å²) in [6, 6.07) is 0. The molecule has 0 radical (unpaired) electrons. The molecule has 0 atom stereocenters. The van der Waals surface area contributed by atoms with Gasteiger partial charge in [0.1, 0.15) is 4.62 Å². The standard InChI is InChI=1S/C4H6BrNO3/c5-3(6-9)1-2-4(7)8/h9H,1-2H2,(H,7,8)/b6-3-. The van der Waals surface area contributed by atoms with Crippen LogP contribution >= 0.6 is 15.9 Å². The molecule has 0 bridgehead atoms. The van der Waals surface area contributed by atoms with E-state index in [0.29, 0.717) is 0 Å². The number of carbonyl (C=O) groups is 1. The molecule has 0 aliphatic carbocycles. The third kappa shape index (κ3) is 5.29. The number of hydrogen-bond donors (Lipinski definition) is 2. The lowest BCUT2D eigenvalue weighted by Gasteiger charge is -1.89. The Hall–Kier alpha value is -0.580. The zero-order chi connectivity index (χ0) is 7.28. The first-order valence-corrected chi connectivity index (χ1v) is 3.04. The van der Waals surface area contributed by atoms with Crippen molar-refractivity contribution < 1.29 is 15.1 Å².